The minimum atomic E-state index is -0.453. The Balaban J connectivity index is 3.08. The van der Waals surface area contributed by atoms with E-state index in [4.69, 9.17) is 0 Å². The molecule has 0 aliphatic rings. The van der Waals surface area contributed by atoms with Crippen molar-refractivity contribution in [1.82, 2.24) is 4.98 Å². The van der Waals surface area contributed by atoms with E-state index in [2.05, 4.69) is 36.8 Å². The molecule has 0 saturated carbocycles. The van der Waals surface area contributed by atoms with Gasteiger partial charge in [-0.15, -0.1) is 0 Å². The maximum absolute atomic E-state index is 9.20. The molecule has 1 heterocycles. The summed E-state index contributed by atoms with van der Waals surface area (Å²) in [4.78, 5) is 4.04. The molecule has 0 aliphatic carbocycles. The third kappa shape index (κ3) is 2.54. The molecule has 1 rings (SSSR count). The number of rotatable bonds is 1. The lowest BCUT2D eigenvalue weighted by Crippen LogP contribution is -1.92. The molecule has 60 valence electrons. The number of aliphatic hydroxyl groups excluding tert-OH is 1. The van der Waals surface area contributed by atoms with Gasteiger partial charge in [0.05, 0.1) is 6.10 Å². The highest BCUT2D eigenvalue weighted by Gasteiger charge is 2.03. The number of aromatic nitrogens is 1. The fourth-order valence-corrected chi connectivity index (χ4v) is 1.87. The normalized spacial score (nSPS) is 13.1. The molecular formula is C7H7Br2NO. The van der Waals surface area contributed by atoms with E-state index in [1.807, 2.05) is 0 Å². The number of nitrogens with zero attached hydrogens (tertiary/aromatic N) is 1. The molecule has 1 aromatic heterocycles. The van der Waals surface area contributed by atoms with Crippen LogP contribution in [0.1, 0.15) is 18.6 Å². The first kappa shape index (κ1) is 9.16. The van der Waals surface area contributed by atoms with Gasteiger partial charge in [-0.1, -0.05) is 0 Å². The molecular weight excluding hydrogens is 274 g/mol. The summed E-state index contributed by atoms with van der Waals surface area (Å²) in [5.41, 5.74) is 0.846. The molecule has 0 radical (unpaired) electrons. The van der Waals surface area contributed by atoms with Crippen LogP contribution in [0, 0.1) is 0 Å². The Morgan fingerprint density at radius 3 is 2.18 bits per heavy atom. The van der Waals surface area contributed by atoms with E-state index in [9.17, 15) is 5.11 Å². The highest BCUT2D eigenvalue weighted by molar-refractivity contribution is 9.11. The Labute approximate surface area is 81.9 Å². The van der Waals surface area contributed by atoms with Crippen molar-refractivity contribution in [3.8, 4) is 0 Å². The zero-order valence-corrected chi connectivity index (χ0v) is 9.05. The Kier molecular flexibility index (Phi) is 3.04. The number of pyridine rings is 1. The monoisotopic (exact) mass is 279 g/mol. The number of aliphatic hydroxyl groups is 1. The Hall–Kier alpha value is 0.0700. The second-order valence-electron chi connectivity index (χ2n) is 2.22. The maximum Gasteiger partial charge on any atom is 0.107 e. The minimum Gasteiger partial charge on any atom is -0.389 e. The van der Waals surface area contributed by atoms with Gasteiger partial charge in [-0.3, -0.25) is 0 Å². The van der Waals surface area contributed by atoms with E-state index < -0.39 is 6.10 Å². The predicted molar refractivity (Wildman–Crippen MR) is 50.3 cm³/mol. The largest absolute Gasteiger partial charge is 0.389 e. The van der Waals surface area contributed by atoms with Crippen molar-refractivity contribution in [2.24, 2.45) is 0 Å². The molecule has 1 aromatic rings. The van der Waals surface area contributed by atoms with E-state index >= 15 is 0 Å². The molecule has 11 heavy (non-hydrogen) atoms. The highest BCUT2D eigenvalue weighted by atomic mass is 79.9. The molecule has 0 bridgehead atoms. The summed E-state index contributed by atoms with van der Waals surface area (Å²) in [6.07, 6.45) is -0.453. The summed E-state index contributed by atoms with van der Waals surface area (Å²) in [7, 11) is 0. The smallest absolute Gasteiger partial charge is 0.107 e. The van der Waals surface area contributed by atoms with Gasteiger partial charge in [0.1, 0.15) is 9.21 Å². The predicted octanol–water partition coefficient (Wildman–Crippen LogP) is 2.66. The van der Waals surface area contributed by atoms with Crippen LogP contribution >= 0.6 is 31.9 Å². The average Bonchev–Trinajstić information content (AvgIpc) is 1.85. The Morgan fingerprint density at radius 1 is 1.36 bits per heavy atom. The third-order valence-corrected chi connectivity index (χ3v) is 2.08. The summed E-state index contributed by atoms with van der Waals surface area (Å²) < 4.78 is 1.45. The van der Waals surface area contributed by atoms with Crippen LogP contribution in [0.3, 0.4) is 0 Å². The van der Waals surface area contributed by atoms with Crippen LogP contribution in [-0.4, -0.2) is 10.1 Å². The number of hydrogen-bond donors (Lipinski definition) is 1. The molecule has 1 unspecified atom stereocenters. The van der Waals surface area contributed by atoms with Gasteiger partial charge in [0.25, 0.3) is 0 Å². The van der Waals surface area contributed by atoms with Crippen LogP contribution in [0.25, 0.3) is 0 Å². The molecule has 0 spiro atoms. The van der Waals surface area contributed by atoms with E-state index in [0.717, 1.165) is 14.8 Å². The molecule has 0 amide bonds. The van der Waals surface area contributed by atoms with Gasteiger partial charge in [0.15, 0.2) is 0 Å². The van der Waals surface area contributed by atoms with Gasteiger partial charge in [-0.25, -0.2) is 4.98 Å². The van der Waals surface area contributed by atoms with Crippen molar-refractivity contribution in [1.29, 1.82) is 0 Å². The van der Waals surface area contributed by atoms with Crippen LogP contribution in [0.2, 0.25) is 0 Å². The topological polar surface area (TPSA) is 33.1 Å². The van der Waals surface area contributed by atoms with E-state index in [0.29, 0.717) is 0 Å². The highest BCUT2D eigenvalue weighted by Crippen LogP contribution is 2.20. The molecule has 0 aliphatic heterocycles. The standard InChI is InChI=1S/C7H7Br2NO/c1-4(11)5-2-6(8)10-7(9)3-5/h2-4,11H,1H3. The van der Waals surface area contributed by atoms with Gasteiger partial charge < -0.3 is 5.11 Å². The molecule has 1 N–H and O–H groups in total. The number of halogens is 2. The van der Waals surface area contributed by atoms with E-state index in [1.54, 1.807) is 19.1 Å². The lowest BCUT2D eigenvalue weighted by atomic mass is 10.2. The lowest BCUT2D eigenvalue weighted by molar-refractivity contribution is 0.199. The minimum absolute atomic E-state index is 0.453. The average molecular weight is 281 g/mol. The van der Waals surface area contributed by atoms with Gasteiger partial charge in [-0.2, -0.15) is 0 Å². The van der Waals surface area contributed by atoms with Crippen molar-refractivity contribution in [3.63, 3.8) is 0 Å². The van der Waals surface area contributed by atoms with Crippen molar-refractivity contribution in [2.75, 3.05) is 0 Å². The van der Waals surface area contributed by atoms with Gasteiger partial charge >= 0.3 is 0 Å². The third-order valence-electron chi connectivity index (χ3n) is 1.27. The summed E-state index contributed by atoms with van der Waals surface area (Å²) >= 11 is 6.46. The first-order chi connectivity index (χ1) is 5.09. The maximum atomic E-state index is 9.20. The summed E-state index contributed by atoms with van der Waals surface area (Å²) in [6, 6.07) is 3.57. The fourth-order valence-electron chi connectivity index (χ4n) is 0.725. The Bertz CT molecular complexity index is 242. The van der Waals surface area contributed by atoms with E-state index in [1.165, 1.54) is 0 Å². The second-order valence-corrected chi connectivity index (χ2v) is 3.85. The van der Waals surface area contributed by atoms with E-state index in [-0.39, 0.29) is 0 Å². The molecule has 4 heteroatoms. The van der Waals surface area contributed by atoms with Crippen LogP contribution in [0.4, 0.5) is 0 Å². The van der Waals surface area contributed by atoms with Crippen molar-refractivity contribution < 1.29 is 5.11 Å². The second kappa shape index (κ2) is 3.65. The zero-order chi connectivity index (χ0) is 8.43. The quantitative estimate of drug-likeness (QED) is 0.803. The van der Waals surface area contributed by atoms with Crippen LogP contribution < -0.4 is 0 Å². The first-order valence-electron chi connectivity index (χ1n) is 3.10. The first-order valence-corrected chi connectivity index (χ1v) is 4.69. The molecule has 2 nitrogen and oxygen atoms in total. The van der Waals surface area contributed by atoms with Gasteiger partial charge in [0.2, 0.25) is 0 Å². The van der Waals surface area contributed by atoms with Crippen molar-refractivity contribution in [3.05, 3.63) is 26.9 Å². The zero-order valence-electron chi connectivity index (χ0n) is 5.88. The number of hydrogen-bond acceptors (Lipinski definition) is 2. The van der Waals surface area contributed by atoms with Gasteiger partial charge in [0, 0.05) is 0 Å². The molecule has 1 atom stereocenters. The van der Waals surface area contributed by atoms with Crippen LogP contribution in [0.15, 0.2) is 21.3 Å². The Morgan fingerprint density at radius 2 is 1.82 bits per heavy atom. The van der Waals surface area contributed by atoms with Gasteiger partial charge in [-0.05, 0) is 56.5 Å². The van der Waals surface area contributed by atoms with Crippen molar-refractivity contribution >= 4 is 31.9 Å². The summed E-state index contributed by atoms with van der Waals surface area (Å²) in [6.45, 7) is 1.72. The summed E-state index contributed by atoms with van der Waals surface area (Å²) in [5, 5.41) is 9.20. The van der Waals surface area contributed by atoms with Crippen LogP contribution in [0.5, 0.6) is 0 Å². The lowest BCUT2D eigenvalue weighted by Gasteiger charge is -2.04. The fraction of sp³-hybridized carbons (Fsp3) is 0.286. The molecule has 0 aromatic carbocycles. The summed E-state index contributed by atoms with van der Waals surface area (Å²) in [5.74, 6) is 0. The van der Waals surface area contributed by atoms with Crippen LogP contribution in [-0.2, 0) is 0 Å². The molecule has 0 fully saturated rings. The molecule has 0 saturated heterocycles. The van der Waals surface area contributed by atoms with Crippen molar-refractivity contribution in [2.45, 2.75) is 13.0 Å². The SMILES string of the molecule is CC(O)c1cc(Br)nc(Br)c1.